The van der Waals surface area contributed by atoms with Gasteiger partial charge in [-0.15, -0.1) is 11.3 Å². The molecule has 1 aliphatic rings. The molecule has 1 N–H and O–H groups in total. The van der Waals surface area contributed by atoms with E-state index in [0.717, 1.165) is 40.0 Å². The van der Waals surface area contributed by atoms with Gasteiger partial charge in [0, 0.05) is 0 Å². The van der Waals surface area contributed by atoms with Gasteiger partial charge in [-0.2, -0.15) is 5.26 Å². The van der Waals surface area contributed by atoms with E-state index in [1.54, 1.807) is 6.20 Å². The van der Waals surface area contributed by atoms with Crippen molar-refractivity contribution in [2.45, 2.75) is 24.7 Å². The second-order valence-electron chi connectivity index (χ2n) is 4.30. The van der Waals surface area contributed by atoms with Crippen molar-refractivity contribution in [1.82, 2.24) is 9.97 Å². The summed E-state index contributed by atoms with van der Waals surface area (Å²) in [6.07, 6.45) is 4.70. The topological polar surface area (TPSA) is 52.5 Å². The number of thiophene rings is 1. The van der Waals surface area contributed by atoms with Gasteiger partial charge >= 0.3 is 0 Å². The quantitative estimate of drug-likeness (QED) is 0.897. The highest BCUT2D eigenvalue weighted by Gasteiger charge is 2.41. The van der Waals surface area contributed by atoms with Crippen molar-refractivity contribution in [3.8, 4) is 16.6 Å². The van der Waals surface area contributed by atoms with E-state index in [9.17, 15) is 5.26 Å². The highest BCUT2D eigenvalue weighted by Crippen LogP contribution is 2.42. The second kappa shape index (κ2) is 3.86. The Balaban J connectivity index is 1.96. The maximum atomic E-state index is 9.25. The van der Waals surface area contributed by atoms with Crippen LogP contribution in [0.1, 0.15) is 25.1 Å². The van der Waals surface area contributed by atoms with Crippen LogP contribution in [0.4, 0.5) is 0 Å². The summed E-state index contributed by atoms with van der Waals surface area (Å²) in [6, 6.07) is 6.21. The van der Waals surface area contributed by atoms with E-state index >= 15 is 0 Å². The van der Waals surface area contributed by atoms with Crippen LogP contribution in [0.15, 0.2) is 18.3 Å². The molecule has 0 radical (unpaired) electrons. The molecule has 0 bridgehead atoms. The minimum Gasteiger partial charge on any atom is -0.340 e. The number of halogens is 1. The number of nitriles is 1. The maximum Gasteiger partial charge on any atom is 0.127 e. The first-order valence-corrected chi connectivity index (χ1v) is 6.65. The second-order valence-corrected chi connectivity index (χ2v) is 6.01. The Hall–Kier alpha value is -1.31. The lowest BCUT2D eigenvalue weighted by atomic mass is 9.69. The number of aromatic nitrogens is 2. The Morgan fingerprint density at radius 2 is 2.29 bits per heavy atom. The predicted octanol–water partition coefficient (Wildman–Crippen LogP) is 3.74. The van der Waals surface area contributed by atoms with E-state index in [2.05, 4.69) is 16.0 Å². The van der Waals surface area contributed by atoms with Gasteiger partial charge in [0.2, 0.25) is 0 Å². The molecule has 0 unspecified atom stereocenters. The van der Waals surface area contributed by atoms with Crippen molar-refractivity contribution in [1.29, 1.82) is 5.26 Å². The molecule has 0 aliphatic heterocycles. The molecule has 3 rings (SSSR count). The summed E-state index contributed by atoms with van der Waals surface area (Å²) in [6.45, 7) is 0. The highest BCUT2D eigenvalue weighted by molar-refractivity contribution is 7.19. The van der Waals surface area contributed by atoms with Crippen LogP contribution in [0.3, 0.4) is 0 Å². The minimum absolute atomic E-state index is 0.376. The van der Waals surface area contributed by atoms with Crippen LogP contribution in [-0.2, 0) is 5.41 Å². The molecule has 5 heteroatoms. The molecular formula is C12H10ClN3S. The van der Waals surface area contributed by atoms with Crippen molar-refractivity contribution in [2.75, 3.05) is 0 Å². The molecule has 0 aromatic carbocycles. The Morgan fingerprint density at radius 3 is 2.82 bits per heavy atom. The van der Waals surface area contributed by atoms with Gasteiger partial charge in [0.1, 0.15) is 11.2 Å². The minimum atomic E-state index is -0.376. The third-order valence-electron chi connectivity index (χ3n) is 3.29. The first-order valence-electron chi connectivity index (χ1n) is 5.46. The predicted molar refractivity (Wildman–Crippen MR) is 68.1 cm³/mol. The van der Waals surface area contributed by atoms with Gasteiger partial charge in [-0.05, 0) is 31.4 Å². The summed E-state index contributed by atoms with van der Waals surface area (Å²) in [7, 11) is 0. The van der Waals surface area contributed by atoms with Crippen molar-refractivity contribution in [2.24, 2.45) is 0 Å². The average Bonchev–Trinajstić information content (AvgIpc) is 2.86. The number of hydrogen-bond acceptors (Lipinski definition) is 3. The van der Waals surface area contributed by atoms with E-state index in [0.29, 0.717) is 0 Å². The normalized spacial score (nSPS) is 17.4. The molecule has 0 atom stereocenters. The monoisotopic (exact) mass is 263 g/mol. The van der Waals surface area contributed by atoms with Crippen molar-refractivity contribution in [3.05, 3.63) is 28.5 Å². The number of nitrogens with zero attached hydrogens (tertiary/aromatic N) is 2. The van der Waals surface area contributed by atoms with Gasteiger partial charge in [0.05, 0.1) is 27.2 Å². The molecule has 3 nitrogen and oxygen atoms in total. The number of H-pyrrole nitrogens is 1. The molecule has 2 aromatic rings. The van der Waals surface area contributed by atoms with Crippen LogP contribution in [-0.4, -0.2) is 9.97 Å². The maximum absolute atomic E-state index is 9.25. The molecule has 0 spiro atoms. The average molecular weight is 264 g/mol. The van der Waals surface area contributed by atoms with E-state index < -0.39 is 0 Å². The Kier molecular flexibility index (Phi) is 2.46. The third kappa shape index (κ3) is 1.67. The fourth-order valence-corrected chi connectivity index (χ4v) is 3.09. The van der Waals surface area contributed by atoms with E-state index in [4.69, 9.17) is 11.6 Å². The van der Waals surface area contributed by atoms with Crippen molar-refractivity contribution >= 4 is 22.9 Å². The zero-order valence-electron chi connectivity index (χ0n) is 9.03. The number of imidazole rings is 1. The van der Waals surface area contributed by atoms with Gasteiger partial charge in [-0.3, -0.25) is 0 Å². The lowest BCUT2D eigenvalue weighted by molar-refractivity contribution is 0.309. The lowest BCUT2D eigenvalue weighted by Gasteiger charge is -2.32. The molecule has 17 heavy (non-hydrogen) atoms. The van der Waals surface area contributed by atoms with E-state index in [1.165, 1.54) is 11.3 Å². The van der Waals surface area contributed by atoms with E-state index in [1.807, 2.05) is 12.1 Å². The summed E-state index contributed by atoms with van der Waals surface area (Å²) in [4.78, 5) is 8.66. The van der Waals surface area contributed by atoms with Crippen LogP contribution < -0.4 is 0 Å². The first kappa shape index (κ1) is 10.8. The zero-order valence-corrected chi connectivity index (χ0v) is 10.6. The Bertz CT molecular complexity index is 589. The fourth-order valence-electron chi connectivity index (χ4n) is 2.08. The number of nitrogens with one attached hydrogen (secondary N) is 1. The molecule has 0 amide bonds. The third-order valence-corrected chi connectivity index (χ3v) is 4.55. The summed E-state index contributed by atoms with van der Waals surface area (Å²) in [5.41, 5.74) is 0.567. The molecular weight excluding hydrogens is 254 g/mol. The van der Waals surface area contributed by atoms with Crippen LogP contribution >= 0.6 is 22.9 Å². The Labute approximate surface area is 108 Å². The summed E-state index contributed by atoms with van der Waals surface area (Å²) < 4.78 is 0.759. The van der Waals surface area contributed by atoms with Gasteiger partial charge in [0.25, 0.3) is 0 Å². The fraction of sp³-hybridized carbons (Fsp3) is 0.333. The number of rotatable bonds is 2. The van der Waals surface area contributed by atoms with Gasteiger partial charge in [0.15, 0.2) is 0 Å². The van der Waals surface area contributed by atoms with Gasteiger partial charge < -0.3 is 4.98 Å². The van der Waals surface area contributed by atoms with Crippen molar-refractivity contribution in [3.63, 3.8) is 0 Å². The van der Waals surface area contributed by atoms with Gasteiger partial charge in [-0.25, -0.2) is 4.98 Å². The molecule has 0 saturated heterocycles. The van der Waals surface area contributed by atoms with Crippen LogP contribution in [0.5, 0.6) is 0 Å². The molecule has 1 aliphatic carbocycles. The van der Waals surface area contributed by atoms with Crippen LogP contribution in [0.25, 0.3) is 10.6 Å². The molecule has 2 heterocycles. The summed E-state index contributed by atoms with van der Waals surface area (Å²) >= 11 is 7.41. The molecule has 1 fully saturated rings. The largest absolute Gasteiger partial charge is 0.340 e. The van der Waals surface area contributed by atoms with Gasteiger partial charge in [-0.1, -0.05) is 11.6 Å². The Morgan fingerprint density at radius 1 is 1.47 bits per heavy atom. The highest BCUT2D eigenvalue weighted by atomic mass is 35.5. The summed E-state index contributed by atoms with van der Waals surface area (Å²) in [5.74, 6) is 0.797. The van der Waals surface area contributed by atoms with E-state index in [-0.39, 0.29) is 5.41 Å². The van der Waals surface area contributed by atoms with Crippen LogP contribution in [0, 0.1) is 11.3 Å². The smallest absolute Gasteiger partial charge is 0.127 e. The standard InChI is InChI=1S/C12H10ClN3S/c13-10-3-2-9(17-10)8-6-15-11(16-8)12(7-14)4-1-5-12/h2-3,6H,1,4-5H2,(H,15,16). The lowest BCUT2D eigenvalue weighted by Crippen LogP contribution is -2.33. The van der Waals surface area contributed by atoms with Crippen LogP contribution in [0.2, 0.25) is 4.34 Å². The number of hydrogen-bond donors (Lipinski definition) is 1. The summed E-state index contributed by atoms with van der Waals surface area (Å²) in [5, 5.41) is 9.25. The SMILES string of the molecule is N#CC1(c2ncc(-c3ccc(Cl)s3)[nH]2)CCC1. The first-order chi connectivity index (χ1) is 8.23. The van der Waals surface area contributed by atoms with Crippen molar-refractivity contribution < 1.29 is 0 Å². The molecule has 2 aromatic heterocycles. The molecule has 86 valence electrons. The number of aromatic amines is 1. The molecule has 1 saturated carbocycles. The zero-order chi connectivity index (χ0) is 11.9.